The third kappa shape index (κ3) is 6.64. The number of nitrogens with one attached hydrogen (secondary N) is 1. The number of methoxy groups -OCH3 is 1. The average Bonchev–Trinajstić information content (AvgIpc) is 2.87. The van der Waals surface area contributed by atoms with E-state index in [1.54, 1.807) is 52.0 Å². The highest BCUT2D eigenvalue weighted by Crippen LogP contribution is 2.31. The van der Waals surface area contributed by atoms with Crippen LogP contribution in [0.25, 0.3) is 0 Å². The largest absolute Gasteiger partial charge is 0.493 e. The lowest BCUT2D eigenvalue weighted by atomic mass is 10.2. The number of anilines is 1. The van der Waals surface area contributed by atoms with Crippen molar-refractivity contribution < 1.29 is 25.8 Å². The second-order valence-corrected chi connectivity index (χ2v) is 11.5. The van der Waals surface area contributed by atoms with Crippen molar-refractivity contribution in [1.29, 1.82) is 0 Å². The standard InChI is InChI=1S/C25H30N4O6S2/c1-6-29(7-2)36(30,31)21-11-13-25(26-17-21)28-27-16-20-10-12-22(23(15-20)34-5)35-37(32,33)24-14-18(3)8-9-19(24)4/h8-17H,6-7H2,1-5H3,(H,26,28)/b27-16+. The lowest BCUT2D eigenvalue weighted by Crippen LogP contribution is -2.30. The predicted octanol–water partition coefficient (Wildman–Crippen LogP) is 3.95. The van der Waals surface area contributed by atoms with Crippen LogP contribution in [-0.4, -0.2) is 52.5 Å². The van der Waals surface area contributed by atoms with Crippen LogP contribution in [0, 0.1) is 13.8 Å². The van der Waals surface area contributed by atoms with Crippen molar-refractivity contribution >= 4 is 32.2 Å². The summed E-state index contributed by atoms with van der Waals surface area (Å²) < 4.78 is 62.9. The number of rotatable bonds is 11. The van der Waals surface area contributed by atoms with Gasteiger partial charge in [-0.2, -0.15) is 17.8 Å². The lowest BCUT2D eigenvalue weighted by molar-refractivity contribution is 0.390. The van der Waals surface area contributed by atoms with Crippen molar-refractivity contribution in [3.63, 3.8) is 0 Å². The van der Waals surface area contributed by atoms with E-state index in [1.165, 1.54) is 42.0 Å². The molecule has 0 aliphatic rings. The van der Waals surface area contributed by atoms with E-state index in [0.29, 0.717) is 30.0 Å². The first-order valence-corrected chi connectivity index (χ1v) is 14.3. The van der Waals surface area contributed by atoms with Crippen LogP contribution in [0.4, 0.5) is 5.82 Å². The number of hydrogen-bond acceptors (Lipinski definition) is 9. The summed E-state index contributed by atoms with van der Waals surface area (Å²) >= 11 is 0. The molecule has 0 saturated carbocycles. The van der Waals surface area contributed by atoms with Gasteiger partial charge < -0.3 is 8.92 Å². The fourth-order valence-corrected chi connectivity index (χ4v) is 6.12. The maximum absolute atomic E-state index is 12.9. The van der Waals surface area contributed by atoms with Crippen molar-refractivity contribution in [2.75, 3.05) is 25.6 Å². The van der Waals surface area contributed by atoms with Crippen LogP contribution in [0.1, 0.15) is 30.5 Å². The van der Waals surface area contributed by atoms with E-state index in [4.69, 9.17) is 8.92 Å². The molecule has 0 spiro atoms. The molecule has 0 aliphatic carbocycles. The van der Waals surface area contributed by atoms with E-state index in [0.717, 1.165) is 5.56 Å². The molecule has 0 saturated heterocycles. The number of ether oxygens (including phenoxy) is 1. The molecule has 0 bridgehead atoms. The first kappa shape index (κ1) is 28.1. The smallest absolute Gasteiger partial charge is 0.339 e. The average molecular weight is 547 g/mol. The lowest BCUT2D eigenvalue weighted by Gasteiger charge is -2.18. The second-order valence-electron chi connectivity index (χ2n) is 8.06. The maximum Gasteiger partial charge on any atom is 0.339 e. The summed E-state index contributed by atoms with van der Waals surface area (Å²) in [6.45, 7) is 7.79. The summed E-state index contributed by atoms with van der Waals surface area (Å²) in [4.78, 5) is 4.30. The van der Waals surface area contributed by atoms with Crippen LogP contribution in [0.3, 0.4) is 0 Å². The van der Waals surface area contributed by atoms with Crippen LogP contribution in [0.5, 0.6) is 11.5 Å². The maximum atomic E-state index is 12.9. The quantitative estimate of drug-likeness (QED) is 0.218. The molecule has 198 valence electrons. The minimum absolute atomic E-state index is 0.0418. The SMILES string of the molecule is CCN(CC)S(=O)(=O)c1ccc(N/N=C/c2ccc(OS(=O)(=O)c3cc(C)ccc3C)c(OC)c2)nc1. The minimum Gasteiger partial charge on any atom is -0.493 e. The van der Waals surface area contributed by atoms with Crippen LogP contribution in [0.2, 0.25) is 0 Å². The molecule has 1 aromatic heterocycles. The molecule has 1 N–H and O–H groups in total. The van der Waals surface area contributed by atoms with Crippen LogP contribution >= 0.6 is 0 Å². The molecule has 37 heavy (non-hydrogen) atoms. The van der Waals surface area contributed by atoms with Crippen molar-refractivity contribution in [1.82, 2.24) is 9.29 Å². The zero-order valence-electron chi connectivity index (χ0n) is 21.3. The van der Waals surface area contributed by atoms with Crippen LogP contribution in [-0.2, 0) is 20.1 Å². The number of hydrazone groups is 1. The molecule has 10 nitrogen and oxygen atoms in total. The summed E-state index contributed by atoms with van der Waals surface area (Å²) in [5, 5.41) is 4.11. The molecule has 12 heteroatoms. The molecular weight excluding hydrogens is 516 g/mol. The number of nitrogens with zero attached hydrogens (tertiary/aromatic N) is 3. The van der Waals surface area contributed by atoms with E-state index in [9.17, 15) is 16.8 Å². The van der Waals surface area contributed by atoms with Gasteiger partial charge in [-0.1, -0.05) is 26.0 Å². The van der Waals surface area contributed by atoms with E-state index >= 15 is 0 Å². The van der Waals surface area contributed by atoms with Crippen LogP contribution in [0.15, 0.2) is 69.6 Å². The number of aromatic nitrogens is 1. The number of sulfonamides is 1. The zero-order valence-corrected chi connectivity index (χ0v) is 22.9. The third-order valence-corrected chi connectivity index (χ3v) is 8.88. The van der Waals surface area contributed by atoms with E-state index in [2.05, 4.69) is 15.5 Å². The predicted molar refractivity (Wildman–Crippen MR) is 142 cm³/mol. The van der Waals surface area contributed by atoms with Gasteiger partial charge in [0, 0.05) is 19.3 Å². The zero-order chi connectivity index (χ0) is 27.2. The Bertz CT molecular complexity index is 1480. The highest BCUT2D eigenvalue weighted by Gasteiger charge is 2.23. The van der Waals surface area contributed by atoms with Gasteiger partial charge in [0.2, 0.25) is 10.0 Å². The third-order valence-electron chi connectivity index (χ3n) is 5.47. The number of hydrogen-bond donors (Lipinski definition) is 1. The number of pyridine rings is 1. The van der Waals surface area contributed by atoms with E-state index in [-0.39, 0.29) is 21.3 Å². The van der Waals surface area contributed by atoms with Gasteiger partial charge >= 0.3 is 10.1 Å². The Morgan fingerprint density at radius 1 is 0.973 bits per heavy atom. The highest BCUT2D eigenvalue weighted by molar-refractivity contribution is 7.89. The molecular formula is C25H30N4O6S2. The molecule has 0 unspecified atom stereocenters. The van der Waals surface area contributed by atoms with Gasteiger partial charge in [-0.3, -0.25) is 5.43 Å². The number of benzene rings is 2. The van der Waals surface area contributed by atoms with Gasteiger partial charge in [-0.15, -0.1) is 0 Å². The Morgan fingerprint density at radius 3 is 2.32 bits per heavy atom. The molecule has 0 aliphatic heterocycles. The Kier molecular flexibility index (Phi) is 8.89. The molecule has 2 aromatic carbocycles. The van der Waals surface area contributed by atoms with Crippen LogP contribution < -0.4 is 14.3 Å². The molecule has 0 radical (unpaired) electrons. The van der Waals surface area contributed by atoms with Gasteiger partial charge in [0.15, 0.2) is 11.5 Å². The summed E-state index contributed by atoms with van der Waals surface area (Å²) in [6.07, 6.45) is 2.75. The Balaban J connectivity index is 1.73. The van der Waals surface area contributed by atoms with Crippen molar-refractivity contribution in [2.24, 2.45) is 5.10 Å². The molecule has 0 amide bonds. The topological polar surface area (TPSA) is 127 Å². The molecule has 0 atom stereocenters. The summed E-state index contributed by atoms with van der Waals surface area (Å²) in [5.74, 6) is 0.600. The Labute approximate surface area is 218 Å². The van der Waals surface area contributed by atoms with Gasteiger partial charge in [-0.05, 0) is 66.9 Å². The Hall–Kier alpha value is -3.48. The highest BCUT2D eigenvalue weighted by atomic mass is 32.2. The fourth-order valence-electron chi connectivity index (χ4n) is 3.46. The molecule has 1 heterocycles. The monoisotopic (exact) mass is 546 g/mol. The van der Waals surface area contributed by atoms with Gasteiger partial charge in [0.1, 0.15) is 15.6 Å². The van der Waals surface area contributed by atoms with E-state index < -0.39 is 20.1 Å². The minimum atomic E-state index is -4.07. The van der Waals surface area contributed by atoms with Crippen molar-refractivity contribution in [3.05, 3.63) is 71.4 Å². The first-order chi connectivity index (χ1) is 17.5. The van der Waals surface area contributed by atoms with Gasteiger partial charge in [0.05, 0.1) is 13.3 Å². The molecule has 0 fully saturated rings. The van der Waals surface area contributed by atoms with Crippen molar-refractivity contribution in [2.45, 2.75) is 37.5 Å². The normalized spacial score (nSPS) is 12.2. The molecule has 3 aromatic rings. The summed E-state index contributed by atoms with van der Waals surface area (Å²) in [7, 11) is -6.25. The summed E-state index contributed by atoms with van der Waals surface area (Å²) in [5.41, 5.74) is 4.71. The van der Waals surface area contributed by atoms with Gasteiger partial charge in [-0.25, -0.2) is 13.4 Å². The first-order valence-electron chi connectivity index (χ1n) is 11.5. The second kappa shape index (κ2) is 11.7. The Morgan fingerprint density at radius 2 is 1.70 bits per heavy atom. The fraction of sp³-hybridized carbons (Fsp3) is 0.280. The van der Waals surface area contributed by atoms with E-state index in [1.807, 2.05) is 6.07 Å². The summed E-state index contributed by atoms with van der Waals surface area (Å²) in [6, 6.07) is 12.8. The van der Waals surface area contributed by atoms with Gasteiger partial charge in [0.25, 0.3) is 0 Å². The van der Waals surface area contributed by atoms with Crippen molar-refractivity contribution in [3.8, 4) is 11.5 Å². The number of aryl methyl sites for hydroxylation is 2. The molecule has 3 rings (SSSR count).